The number of carbonyl (C=O) groups is 1. The lowest BCUT2D eigenvalue weighted by Gasteiger charge is -2.08. The first-order valence-electron chi connectivity index (χ1n) is 3.84. The summed E-state index contributed by atoms with van der Waals surface area (Å²) in [5.74, 6) is -0.556. The van der Waals surface area contributed by atoms with Crippen molar-refractivity contribution in [3.63, 3.8) is 0 Å². The van der Waals surface area contributed by atoms with Crippen molar-refractivity contribution in [1.82, 2.24) is 4.90 Å². The van der Waals surface area contributed by atoms with Crippen molar-refractivity contribution in [2.45, 2.75) is 11.9 Å². The molecule has 1 amide bonds. The van der Waals surface area contributed by atoms with E-state index in [0.29, 0.717) is 11.1 Å². The lowest BCUT2D eigenvalue weighted by molar-refractivity contribution is -0.0522. The molecule has 0 unspecified atom stereocenters. The van der Waals surface area contributed by atoms with Gasteiger partial charge in [0.25, 0.3) is 0 Å². The molecule has 0 aromatic heterocycles. The lowest BCUT2D eigenvalue weighted by Crippen LogP contribution is -2.25. The van der Waals surface area contributed by atoms with E-state index in [9.17, 15) is 26.4 Å². The maximum absolute atomic E-state index is 11.9. The SMILES string of the molecule is O=C(O)N1C=C(OS(=O)(=O)C(F)(F)F)CC1. The van der Waals surface area contributed by atoms with Crippen LogP contribution in [-0.2, 0) is 14.3 Å². The van der Waals surface area contributed by atoms with E-state index in [2.05, 4.69) is 4.18 Å². The predicted octanol–water partition coefficient (Wildman–Crippen LogP) is 1.08. The molecule has 16 heavy (non-hydrogen) atoms. The van der Waals surface area contributed by atoms with Crippen LogP contribution in [0.3, 0.4) is 0 Å². The zero-order chi connectivity index (χ0) is 12.6. The Balaban J connectivity index is 2.78. The quantitative estimate of drug-likeness (QED) is 0.594. The highest BCUT2D eigenvalue weighted by molar-refractivity contribution is 7.87. The summed E-state index contributed by atoms with van der Waals surface area (Å²) in [4.78, 5) is 11.0. The van der Waals surface area contributed by atoms with Crippen LogP contribution in [-0.4, -0.2) is 36.6 Å². The molecular weight excluding hydrogens is 255 g/mol. The number of amides is 1. The molecule has 0 aliphatic carbocycles. The molecule has 1 heterocycles. The van der Waals surface area contributed by atoms with E-state index >= 15 is 0 Å². The molecule has 10 heteroatoms. The molecular formula is C6H6F3NO5S. The zero-order valence-corrected chi connectivity index (χ0v) is 8.38. The van der Waals surface area contributed by atoms with Crippen LogP contribution >= 0.6 is 0 Å². The Hall–Kier alpha value is -1.45. The first-order valence-corrected chi connectivity index (χ1v) is 5.25. The van der Waals surface area contributed by atoms with Gasteiger partial charge < -0.3 is 9.29 Å². The Labute approximate surface area is 88.0 Å². The third-order valence-electron chi connectivity index (χ3n) is 1.64. The summed E-state index contributed by atoms with van der Waals surface area (Å²) in [5.41, 5.74) is -5.52. The van der Waals surface area contributed by atoms with Gasteiger partial charge in [0.15, 0.2) is 0 Å². The van der Waals surface area contributed by atoms with Crippen LogP contribution in [0.15, 0.2) is 12.0 Å². The Morgan fingerprint density at radius 3 is 2.44 bits per heavy atom. The van der Waals surface area contributed by atoms with E-state index in [4.69, 9.17) is 5.11 Å². The molecule has 0 radical (unpaired) electrons. The van der Waals surface area contributed by atoms with Gasteiger partial charge in [-0.25, -0.2) is 4.79 Å². The number of nitrogens with zero attached hydrogens (tertiary/aromatic N) is 1. The fourth-order valence-corrected chi connectivity index (χ4v) is 1.44. The van der Waals surface area contributed by atoms with Gasteiger partial charge in [-0.05, 0) is 0 Å². The van der Waals surface area contributed by atoms with Gasteiger partial charge in [-0.2, -0.15) is 21.6 Å². The van der Waals surface area contributed by atoms with Crippen molar-refractivity contribution in [2.75, 3.05) is 6.54 Å². The summed E-state index contributed by atoms with van der Waals surface area (Å²) in [6.07, 6.45) is -0.921. The van der Waals surface area contributed by atoms with E-state index in [0.717, 1.165) is 0 Å². The van der Waals surface area contributed by atoms with Crippen molar-refractivity contribution < 1.29 is 35.7 Å². The number of halogens is 3. The van der Waals surface area contributed by atoms with Crippen LogP contribution in [0.1, 0.15) is 6.42 Å². The Kier molecular flexibility index (Phi) is 3.03. The minimum absolute atomic E-state index is 0.141. The maximum Gasteiger partial charge on any atom is 0.534 e. The summed E-state index contributed by atoms with van der Waals surface area (Å²) < 4.78 is 60.4. The largest absolute Gasteiger partial charge is 0.534 e. The van der Waals surface area contributed by atoms with Gasteiger partial charge in [-0.3, -0.25) is 4.90 Å². The van der Waals surface area contributed by atoms with Crippen LogP contribution in [0.4, 0.5) is 18.0 Å². The highest BCUT2D eigenvalue weighted by Crippen LogP contribution is 2.28. The fourth-order valence-electron chi connectivity index (χ4n) is 0.936. The van der Waals surface area contributed by atoms with Crippen LogP contribution in [0.2, 0.25) is 0 Å². The third-order valence-corrected chi connectivity index (χ3v) is 2.65. The van der Waals surface area contributed by atoms with Crippen LogP contribution in [0, 0.1) is 0 Å². The molecule has 0 saturated heterocycles. The average Bonchev–Trinajstić information content (AvgIpc) is 2.49. The van der Waals surface area contributed by atoms with Crippen molar-refractivity contribution >= 4 is 16.2 Å². The minimum Gasteiger partial charge on any atom is -0.465 e. The Bertz CT molecular complexity index is 426. The summed E-state index contributed by atoms with van der Waals surface area (Å²) in [5, 5.41) is 8.44. The van der Waals surface area contributed by atoms with Gasteiger partial charge in [0.05, 0.1) is 0 Å². The van der Waals surface area contributed by atoms with Crippen molar-refractivity contribution in [3.05, 3.63) is 12.0 Å². The minimum atomic E-state index is -5.72. The molecule has 0 spiro atoms. The topological polar surface area (TPSA) is 83.9 Å². The molecule has 0 atom stereocenters. The molecule has 0 aromatic carbocycles. The predicted molar refractivity (Wildman–Crippen MR) is 43.5 cm³/mol. The molecule has 0 bridgehead atoms. The molecule has 0 aromatic rings. The highest BCUT2D eigenvalue weighted by Gasteiger charge is 2.49. The summed E-state index contributed by atoms with van der Waals surface area (Å²) in [6.45, 7) is -0.141. The van der Waals surface area contributed by atoms with Gasteiger partial charge >= 0.3 is 21.7 Å². The summed E-state index contributed by atoms with van der Waals surface area (Å²) in [7, 11) is -5.72. The van der Waals surface area contributed by atoms with E-state index in [1.807, 2.05) is 0 Å². The second-order valence-corrected chi connectivity index (χ2v) is 4.34. The van der Waals surface area contributed by atoms with Gasteiger partial charge in [-0.15, -0.1) is 0 Å². The summed E-state index contributed by atoms with van der Waals surface area (Å²) in [6, 6.07) is 0. The Morgan fingerprint density at radius 1 is 1.50 bits per heavy atom. The second kappa shape index (κ2) is 3.85. The zero-order valence-electron chi connectivity index (χ0n) is 7.56. The number of alkyl halides is 3. The molecule has 1 aliphatic heterocycles. The highest BCUT2D eigenvalue weighted by atomic mass is 32.2. The standard InChI is InChI=1S/C6H6F3NO5S/c7-6(8,9)16(13,14)15-4-1-2-10(3-4)5(11)12/h3H,1-2H2,(H,11,12). The molecule has 0 saturated carbocycles. The van der Waals surface area contributed by atoms with Gasteiger partial charge in [0, 0.05) is 19.2 Å². The van der Waals surface area contributed by atoms with E-state index in [-0.39, 0.29) is 13.0 Å². The van der Waals surface area contributed by atoms with E-state index in [1.165, 1.54) is 0 Å². The smallest absolute Gasteiger partial charge is 0.465 e. The van der Waals surface area contributed by atoms with Crippen LogP contribution < -0.4 is 0 Å². The number of hydrogen-bond donors (Lipinski definition) is 1. The number of rotatable bonds is 2. The van der Waals surface area contributed by atoms with E-state index in [1.54, 1.807) is 0 Å². The van der Waals surface area contributed by atoms with E-state index < -0.39 is 27.5 Å². The van der Waals surface area contributed by atoms with Crippen molar-refractivity contribution in [3.8, 4) is 0 Å². The Morgan fingerprint density at radius 2 is 2.06 bits per heavy atom. The fraction of sp³-hybridized carbons (Fsp3) is 0.500. The van der Waals surface area contributed by atoms with Gasteiger partial charge in [-0.1, -0.05) is 0 Å². The summed E-state index contributed by atoms with van der Waals surface area (Å²) >= 11 is 0. The van der Waals surface area contributed by atoms with Crippen molar-refractivity contribution in [1.29, 1.82) is 0 Å². The van der Waals surface area contributed by atoms with Crippen molar-refractivity contribution in [2.24, 2.45) is 0 Å². The first-order chi connectivity index (χ1) is 7.13. The molecule has 1 N–H and O–H groups in total. The number of carboxylic acid groups (broad SMARTS) is 1. The average molecular weight is 261 g/mol. The van der Waals surface area contributed by atoms with Gasteiger partial charge in [0.1, 0.15) is 5.76 Å². The molecule has 6 nitrogen and oxygen atoms in total. The number of hydrogen-bond acceptors (Lipinski definition) is 4. The molecule has 1 rings (SSSR count). The first kappa shape index (κ1) is 12.6. The van der Waals surface area contributed by atoms with Gasteiger partial charge in [0.2, 0.25) is 0 Å². The third kappa shape index (κ3) is 2.56. The monoisotopic (exact) mass is 261 g/mol. The molecule has 92 valence electrons. The molecule has 0 fully saturated rings. The van der Waals surface area contributed by atoms with Crippen LogP contribution in [0.5, 0.6) is 0 Å². The lowest BCUT2D eigenvalue weighted by atomic mass is 10.4. The second-order valence-electron chi connectivity index (χ2n) is 2.80. The molecule has 1 aliphatic rings. The van der Waals surface area contributed by atoms with Crippen LogP contribution in [0.25, 0.3) is 0 Å². The normalized spacial score (nSPS) is 17.2. The maximum atomic E-state index is 11.9.